The van der Waals surface area contributed by atoms with Crippen LogP contribution in [0.25, 0.3) is 16.9 Å². The number of benzene rings is 2. The summed E-state index contributed by atoms with van der Waals surface area (Å²) < 4.78 is 6.28. The Morgan fingerprint density at radius 3 is 2.41 bits per heavy atom. The fourth-order valence-electron chi connectivity index (χ4n) is 2.09. The van der Waals surface area contributed by atoms with Gasteiger partial charge < -0.3 is 9.84 Å². The summed E-state index contributed by atoms with van der Waals surface area (Å²) in [4.78, 5) is 10.7. The lowest BCUT2D eigenvalue weighted by atomic mass is 10.1. The summed E-state index contributed by atoms with van der Waals surface area (Å²) in [5, 5.41) is 13.6. The normalized spacial score (nSPS) is 10.4. The lowest BCUT2D eigenvalue weighted by Gasteiger charge is -2.07. The Labute approximate surface area is 131 Å². The molecule has 0 saturated carbocycles. The number of halogens is 1. The Hall–Kier alpha value is -2.79. The van der Waals surface area contributed by atoms with Gasteiger partial charge in [0.1, 0.15) is 0 Å². The minimum atomic E-state index is -1.40. The van der Waals surface area contributed by atoms with E-state index < -0.39 is 6.16 Å². The summed E-state index contributed by atoms with van der Waals surface area (Å²) in [6.45, 7) is 0. The first-order valence-corrected chi connectivity index (χ1v) is 6.83. The standard InChI is InChI=1S/C16H11ClN2O3/c17-12-6-8-13(9-7-12)19-14(11-4-2-1-3-5-11)10-15(18-19)22-16(20)21/h1-10H,(H,20,21). The number of nitrogens with zero attached hydrogens (tertiary/aromatic N) is 2. The third kappa shape index (κ3) is 2.94. The number of rotatable bonds is 3. The van der Waals surface area contributed by atoms with Crippen molar-refractivity contribution in [2.45, 2.75) is 0 Å². The zero-order valence-electron chi connectivity index (χ0n) is 11.3. The molecule has 6 heteroatoms. The highest BCUT2D eigenvalue weighted by Gasteiger charge is 2.14. The number of aromatic nitrogens is 2. The van der Waals surface area contributed by atoms with Crippen LogP contribution in [0.5, 0.6) is 5.88 Å². The van der Waals surface area contributed by atoms with Crippen LogP contribution in [0.2, 0.25) is 5.02 Å². The maximum Gasteiger partial charge on any atom is 0.512 e. The van der Waals surface area contributed by atoms with Crippen molar-refractivity contribution < 1.29 is 14.6 Å². The largest absolute Gasteiger partial charge is 0.512 e. The van der Waals surface area contributed by atoms with Gasteiger partial charge in [-0.15, -0.1) is 5.10 Å². The Kier molecular flexibility index (Phi) is 3.80. The van der Waals surface area contributed by atoms with E-state index in [1.165, 1.54) is 0 Å². The minimum Gasteiger partial charge on any atom is -0.449 e. The average Bonchev–Trinajstić information content (AvgIpc) is 2.92. The van der Waals surface area contributed by atoms with Gasteiger partial charge in [0, 0.05) is 16.7 Å². The van der Waals surface area contributed by atoms with Crippen molar-refractivity contribution in [1.29, 1.82) is 0 Å². The molecule has 0 aliphatic heterocycles. The van der Waals surface area contributed by atoms with E-state index >= 15 is 0 Å². The molecule has 0 aliphatic carbocycles. The van der Waals surface area contributed by atoms with E-state index in [-0.39, 0.29) is 5.88 Å². The molecule has 1 N–H and O–H groups in total. The summed E-state index contributed by atoms with van der Waals surface area (Å²) in [6, 6.07) is 18.2. The third-order valence-electron chi connectivity index (χ3n) is 3.02. The lowest BCUT2D eigenvalue weighted by molar-refractivity contribution is 0.142. The average molecular weight is 315 g/mol. The first-order chi connectivity index (χ1) is 10.6. The summed E-state index contributed by atoms with van der Waals surface area (Å²) in [6.07, 6.45) is -1.40. The summed E-state index contributed by atoms with van der Waals surface area (Å²) in [7, 11) is 0. The SMILES string of the molecule is O=C(O)Oc1cc(-c2ccccc2)n(-c2ccc(Cl)cc2)n1. The lowest BCUT2D eigenvalue weighted by Crippen LogP contribution is -2.04. The molecule has 3 aromatic rings. The molecule has 0 fully saturated rings. The van der Waals surface area contributed by atoms with E-state index in [0.717, 1.165) is 16.9 Å². The monoisotopic (exact) mass is 314 g/mol. The van der Waals surface area contributed by atoms with Gasteiger partial charge in [-0.3, -0.25) is 0 Å². The van der Waals surface area contributed by atoms with E-state index in [4.69, 9.17) is 16.7 Å². The number of ether oxygens (including phenoxy) is 1. The second-order valence-electron chi connectivity index (χ2n) is 4.49. The van der Waals surface area contributed by atoms with Crippen molar-refractivity contribution in [3.8, 4) is 22.8 Å². The van der Waals surface area contributed by atoms with Crippen LogP contribution >= 0.6 is 11.6 Å². The highest BCUT2D eigenvalue weighted by Crippen LogP contribution is 2.27. The predicted molar refractivity (Wildman–Crippen MR) is 82.7 cm³/mol. The molecule has 5 nitrogen and oxygen atoms in total. The van der Waals surface area contributed by atoms with Crippen molar-refractivity contribution in [3.63, 3.8) is 0 Å². The van der Waals surface area contributed by atoms with E-state index in [9.17, 15) is 4.79 Å². The van der Waals surface area contributed by atoms with Crippen LogP contribution in [-0.2, 0) is 0 Å². The Morgan fingerprint density at radius 1 is 1.09 bits per heavy atom. The zero-order chi connectivity index (χ0) is 15.5. The van der Waals surface area contributed by atoms with Crippen molar-refractivity contribution in [3.05, 3.63) is 65.7 Å². The quantitative estimate of drug-likeness (QED) is 0.734. The topological polar surface area (TPSA) is 64.3 Å². The van der Waals surface area contributed by atoms with Gasteiger partial charge in [-0.2, -0.15) is 0 Å². The molecule has 0 saturated heterocycles. The summed E-state index contributed by atoms with van der Waals surface area (Å²) in [5.74, 6) is 0.0151. The van der Waals surface area contributed by atoms with Gasteiger partial charge in [-0.1, -0.05) is 41.9 Å². The van der Waals surface area contributed by atoms with Gasteiger partial charge in [0.25, 0.3) is 0 Å². The van der Waals surface area contributed by atoms with Gasteiger partial charge in [-0.25, -0.2) is 9.48 Å². The molecule has 0 aliphatic rings. The fraction of sp³-hybridized carbons (Fsp3) is 0. The molecule has 3 rings (SSSR count). The number of carbonyl (C=O) groups is 1. The summed E-state index contributed by atoms with van der Waals surface area (Å²) in [5.41, 5.74) is 2.37. The van der Waals surface area contributed by atoms with Gasteiger partial charge in [-0.05, 0) is 24.3 Å². The van der Waals surface area contributed by atoms with Crippen LogP contribution in [0.3, 0.4) is 0 Å². The van der Waals surface area contributed by atoms with E-state index in [1.807, 2.05) is 30.3 Å². The highest BCUT2D eigenvalue weighted by molar-refractivity contribution is 6.30. The number of hydrogen-bond donors (Lipinski definition) is 1. The molecule has 0 spiro atoms. The van der Waals surface area contributed by atoms with Crippen molar-refractivity contribution in [1.82, 2.24) is 9.78 Å². The van der Waals surface area contributed by atoms with E-state index in [0.29, 0.717) is 5.02 Å². The Bertz CT molecular complexity index is 798. The Morgan fingerprint density at radius 2 is 1.77 bits per heavy atom. The second kappa shape index (κ2) is 5.91. The molecule has 0 bridgehead atoms. The maximum absolute atomic E-state index is 10.7. The van der Waals surface area contributed by atoms with Gasteiger partial charge in [0.2, 0.25) is 5.88 Å². The van der Waals surface area contributed by atoms with Crippen LogP contribution in [0, 0.1) is 0 Å². The van der Waals surface area contributed by atoms with Crippen LogP contribution < -0.4 is 4.74 Å². The third-order valence-corrected chi connectivity index (χ3v) is 3.27. The van der Waals surface area contributed by atoms with E-state index in [2.05, 4.69) is 9.84 Å². The predicted octanol–water partition coefficient (Wildman–Crippen LogP) is 4.25. The maximum atomic E-state index is 10.7. The van der Waals surface area contributed by atoms with Crippen LogP contribution in [-0.4, -0.2) is 21.0 Å². The molecule has 0 amide bonds. The first-order valence-electron chi connectivity index (χ1n) is 6.46. The second-order valence-corrected chi connectivity index (χ2v) is 4.93. The van der Waals surface area contributed by atoms with Gasteiger partial charge in [0.15, 0.2) is 0 Å². The van der Waals surface area contributed by atoms with Crippen LogP contribution in [0.1, 0.15) is 0 Å². The molecule has 0 atom stereocenters. The van der Waals surface area contributed by atoms with Gasteiger partial charge in [0.05, 0.1) is 11.4 Å². The Balaban J connectivity index is 2.12. The van der Waals surface area contributed by atoms with E-state index in [1.54, 1.807) is 35.0 Å². The van der Waals surface area contributed by atoms with Gasteiger partial charge >= 0.3 is 6.16 Å². The first kappa shape index (κ1) is 14.2. The van der Waals surface area contributed by atoms with Crippen LogP contribution in [0.15, 0.2) is 60.7 Å². The molecule has 0 unspecified atom stereocenters. The molecule has 0 radical (unpaired) electrons. The number of hydrogen-bond acceptors (Lipinski definition) is 3. The fourth-order valence-corrected chi connectivity index (χ4v) is 2.22. The summed E-state index contributed by atoms with van der Waals surface area (Å²) >= 11 is 5.90. The highest BCUT2D eigenvalue weighted by atomic mass is 35.5. The smallest absolute Gasteiger partial charge is 0.449 e. The molecule has 2 aromatic carbocycles. The number of carboxylic acid groups (broad SMARTS) is 1. The van der Waals surface area contributed by atoms with Crippen molar-refractivity contribution in [2.24, 2.45) is 0 Å². The molecular weight excluding hydrogens is 304 g/mol. The molecule has 1 aromatic heterocycles. The van der Waals surface area contributed by atoms with Crippen molar-refractivity contribution in [2.75, 3.05) is 0 Å². The zero-order valence-corrected chi connectivity index (χ0v) is 12.1. The molecule has 110 valence electrons. The molecule has 1 heterocycles. The van der Waals surface area contributed by atoms with Crippen molar-refractivity contribution >= 4 is 17.8 Å². The molecular formula is C16H11ClN2O3. The van der Waals surface area contributed by atoms with Crippen LogP contribution in [0.4, 0.5) is 4.79 Å². The minimum absolute atomic E-state index is 0.0151. The molecule has 22 heavy (non-hydrogen) atoms.